The fourth-order valence-electron chi connectivity index (χ4n) is 0.549. The Bertz CT molecular complexity index is 117. The first-order valence-corrected chi connectivity index (χ1v) is 3.27. The van der Waals surface area contributed by atoms with Crippen LogP contribution in [0.15, 0.2) is 0 Å². The predicted molar refractivity (Wildman–Crippen MR) is 37.6 cm³/mol. The highest BCUT2D eigenvalue weighted by Crippen LogP contribution is 1.92. The van der Waals surface area contributed by atoms with E-state index in [1.807, 2.05) is 0 Å². The Balaban J connectivity index is 3.71. The fourth-order valence-corrected chi connectivity index (χ4v) is 0.549. The minimum atomic E-state index is -0.819. The summed E-state index contributed by atoms with van der Waals surface area (Å²) in [4.78, 5) is 15.2. The Labute approximate surface area is 65.4 Å². The zero-order valence-electron chi connectivity index (χ0n) is 6.70. The highest BCUT2D eigenvalue weighted by molar-refractivity contribution is 5.74. The van der Waals surface area contributed by atoms with Gasteiger partial charge in [-0.05, 0) is 6.92 Å². The van der Waals surface area contributed by atoms with Gasteiger partial charge in [-0.2, -0.15) is 0 Å². The van der Waals surface area contributed by atoms with Gasteiger partial charge >= 0.3 is 5.97 Å². The van der Waals surface area contributed by atoms with Crippen LogP contribution in [0.5, 0.6) is 0 Å². The van der Waals surface area contributed by atoms with Crippen LogP contribution in [0.2, 0.25) is 0 Å². The van der Waals surface area contributed by atoms with Crippen molar-refractivity contribution in [1.82, 2.24) is 0 Å². The topological polar surface area (TPSA) is 70.8 Å². The zero-order chi connectivity index (χ0) is 8.69. The van der Waals surface area contributed by atoms with Crippen molar-refractivity contribution in [1.29, 1.82) is 0 Å². The van der Waals surface area contributed by atoms with E-state index >= 15 is 0 Å². The van der Waals surface area contributed by atoms with E-state index in [1.165, 1.54) is 7.11 Å². The molecule has 0 aromatic carbocycles. The van der Waals surface area contributed by atoms with Gasteiger partial charge in [-0.3, -0.25) is 4.84 Å². The second-order valence-electron chi connectivity index (χ2n) is 1.83. The lowest BCUT2D eigenvalue weighted by Crippen LogP contribution is -2.33. The maximum Gasteiger partial charge on any atom is 0.339 e. The second kappa shape index (κ2) is 6.09. The van der Waals surface area contributed by atoms with Gasteiger partial charge in [-0.25, -0.2) is 10.7 Å². The molecule has 0 amide bonds. The Hall–Kier alpha value is -0.650. The number of esters is 1. The molecule has 0 aliphatic heterocycles. The zero-order valence-corrected chi connectivity index (χ0v) is 6.70. The standard InChI is InChI=1S/C6H13NO4/c1-3-10-6(8)5(11-7)4-9-2/h5H,3-4,7H2,1-2H3/t5-/m1/s1. The lowest BCUT2D eigenvalue weighted by molar-refractivity contribution is -0.160. The summed E-state index contributed by atoms with van der Waals surface area (Å²) in [6.45, 7) is 2.12. The van der Waals surface area contributed by atoms with Crippen molar-refractivity contribution < 1.29 is 19.1 Å². The van der Waals surface area contributed by atoms with Crippen molar-refractivity contribution in [2.75, 3.05) is 20.3 Å². The fraction of sp³-hybridized carbons (Fsp3) is 0.833. The molecule has 0 rings (SSSR count). The quantitative estimate of drug-likeness (QED) is 0.435. The number of rotatable bonds is 5. The third-order valence-electron chi connectivity index (χ3n) is 1.03. The molecule has 66 valence electrons. The maximum absolute atomic E-state index is 10.9. The number of nitrogens with two attached hydrogens (primary N) is 1. The van der Waals surface area contributed by atoms with Crippen LogP contribution in [-0.2, 0) is 19.1 Å². The summed E-state index contributed by atoms with van der Waals surface area (Å²) in [5.41, 5.74) is 0. The Morgan fingerprint density at radius 3 is 2.64 bits per heavy atom. The molecule has 2 N–H and O–H groups in total. The van der Waals surface area contributed by atoms with Crippen molar-refractivity contribution >= 4 is 5.97 Å². The summed E-state index contributed by atoms with van der Waals surface area (Å²) < 4.78 is 9.28. The lowest BCUT2D eigenvalue weighted by Gasteiger charge is -2.10. The van der Waals surface area contributed by atoms with Gasteiger partial charge in [0, 0.05) is 7.11 Å². The van der Waals surface area contributed by atoms with Crippen molar-refractivity contribution in [3.63, 3.8) is 0 Å². The third kappa shape index (κ3) is 3.92. The van der Waals surface area contributed by atoms with E-state index in [0.717, 1.165) is 0 Å². The summed E-state index contributed by atoms with van der Waals surface area (Å²) in [7, 11) is 1.45. The van der Waals surface area contributed by atoms with Gasteiger partial charge in [-0.1, -0.05) is 0 Å². The normalized spacial score (nSPS) is 12.6. The minimum absolute atomic E-state index is 0.106. The average Bonchev–Trinajstić information content (AvgIpc) is 2.00. The largest absolute Gasteiger partial charge is 0.464 e. The van der Waals surface area contributed by atoms with Gasteiger partial charge in [0.15, 0.2) is 6.10 Å². The van der Waals surface area contributed by atoms with Crippen LogP contribution >= 0.6 is 0 Å². The van der Waals surface area contributed by atoms with Crippen LogP contribution in [-0.4, -0.2) is 32.4 Å². The molecule has 0 aliphatic rings. The van der Waals surface area contributed by atoms with Crippen molar-refractivity contribution in [3.8, 4) is 0 Å². The first-order valence-electron chi connectivity index (χ1n) is 3.27. The van der Waals surface area contributed by atoms with Crippen LogP contribution in [0.25, 0.3) is 0 Å². The van der Waals surface area contributed by atoms with Crippen LogP contribution < -0.4 is 5.90 Å². The summed E-state index contributed by atoms with van der Waals surface area (Å²) in [6.07, 6.45) is -0.819. The predicted octanol–water partition coefficient (Wildman–Crippen LogP) is -0.545. The molecule has 5 heteroatoms. The molecule has 0 bridgehead atoms. The number of carbonyl (C=O) groups excluding carboxylic acids is 1. The van der Waals surface area contributed by atoms with E-state index in [9.17, 15) is 4.79 Å². The minimum Gasteiger partial charge on any atom is -0.464 e. The van der Waals surface area contributed by atoms with Crippen LogP contribution in [0.3, 0.4) is 0 Å². The first-order chi connectivity index (χ1) is 5.26. The number of carbonyl (C=O) groups is 1. The SMILES string of the molecule is CCOC(=O)[C@@H](COC)ON. The third-order valence-corrected chi connectivity index (χ3v) is 1.03. The van der Waals surface area contributed by atoms with Gasteiger partial charge in [0.1, 0.15) is 0 Å². The molecule has 0 spiro atoms. The van der Waals surface area contributed by atoms with E-state index < -0.39 is 12.1 Å². The van der Waals surface area contributed by atoms with Crippen molar-refractivity contribution in [2.24, 2.45) is 5.90 Å². The Morgan fingerprint density at radius 2 is 2.27 bits per heavy atom. The van der Waals surface area contributed by atoms with Crippen LogP contribution in [0.4, 0.5) is 0 Å². The van der Waals surface area contributed by atoms with E-state index in [-0.39, 0.29) is 6.61 Å². The van der Waals surface area contributed by atoms with E-state index in [0.29, 0.717) is 6.61 Å². The molecule has 0 unspecified atom stereocenters. The monoisotopic (exact) mass is 163 g/mol. The molecule has 0 saturated heterocycles. The highest BCUT2D eigenvalue weighted by Gasteiger charge is 2.18. The lowest BCUT2D eigenvalue weighted by atomic mass is 10.4. The van der Waals surface area contributed by atoms with Crippen molar-refractivity contribution in [3.05, 3.63) is 0 Å². The van der Waals surface area contributed by atoms with E-state index in [4.69, 9.17) is 5.90 Å². The molecular formula is C6H13NO4. The summed E-state index contributed by atoms with van der Waals surface area (Å²) in [5, 5.41) is 0. The highest BCUT2D eigenvalue weighted by atomic mass is 16.7. The Kier molecular flexibility index (Phi) is 5.73. The van der Waals surface area contributed by atoms with Gasteiger partial charge in [-0.15, -0.1) is 0 Å². The van der Waals surface area contributed by atoms with E-state index in [2.05, 4.69) is 14.3 Å². The number of methoxy groups -OCH3 is 1. The molecule has 11 heavy (non-hydrogen) atoms. The van der Waals surface area contributed by atoms with Gasteiger partial charge in [0.05, 0.1) is 13.2 Å². The molecular weight excluding hydrogens is 150 g/mol. The molecule has 0 aromatic rings. The number of hydrogen-bond acceptors (Lipinski definition) is 5. The number of hydrogen-bond donors (Lipinski definition) is 1. The first kappa shape index (κ1) is 10.3. The van der Waals surface area contributed by atoms with E-state index in [1.54, 1.807) is 6.92 Å². The molecule has 0 aromatic heterocycles. The molecule has 0 aliphatic carbocycles. The van der Waals surface area contributed by atoms with Gasteiger partial charge in [0.25, 0.3) is 0 Å². The smallest absolute Gasteiger partial charge is 0.339 e. The molecule has 0 heterocycles. The maximum atomic E-state index is 10.9. The summed E-state index contributed by atoms with van der Waals surface area (Å²) in [6, 6.07) is 0. The average molecular weight is 163 g/mol. The molecule has 5 nitrogen and oxygen atoms in total. The van der Waals surface area contributed by atoms with Gasteiger partial charge in [0.2, 0.25) is 0 Å². The molecule has 0 saturated carbocycles. The molecule has 0 fully saturated rings. The molecule has 0 radical (unpaired) electrons. The van der Waals surface area contributed by atoms with Crippen molar-refractivity contribution in [2.45, 2.75) is 13.0 Å². The van der Waals surface area contributed by atoms with Crippen LogP contribution in [0, 0.1) is 0 Å². The summed E-state index contributed by atoms with van der Waals surface area (Å²) in [5.74, 6) is 4.31. The Morgan fingerprint density at radius 1 is 1.64 bits per heavy atom. The van der Waals surface area contributed by atoms with Gasteiger partial charge < -0.3 is 9.47 Å². The molecule has 1 atom stereocenters. The van der Waals surface area contributed by atoms with Crippen LogP contribution in [0.1, 0.15) is 6.92 Å². The number of ether oxygens (including phenoxy) is 2. The second-order valence-corrected chi connectivity index (χ2v) is 1.83. The summed E-state index contributed by atoms with van der Waals surface area (Å²) >= 11 is 0.